The Bertz CT molecular complexity index is 366. The van der Waals surface area contributed by atoms with Gasteiger partial charge in [0.15, 0.2) is 17.5 Å². The summed E-state index contributed by atoms with van der Waals surface area (Å²) in [6.45, 7) is 0.435. The Morgan fingerprint density at radius 1 is 1.60 bits per heavy atom. The predicted molar refractivity (Wildman–Crippen MR) is 57.3 cm³/mol. The van der Waals surface area contributed by atoms with Crippen LogP contribution in [-0.2, 0) is 6.54 Å². The molecule has 3 N–H and O–H groups in total. The molecule has 0 saturated carbocycles. The zero-order valence-electron chi connectivity index (χ0n) is 8.75. The molecule has 82 valence electrons. The van der Waals surface area contributed by atoms with E-state index in [1.807, 2.05) is 0 Å². The van der Waals surface area contributed by atoms with Crippen LogP contribution in [0.2, 0.25) is 0 Å². The average Bonchev–Trinajstić information content (AvgIpc) is 2.26. The third kappa shape index (κ3) is 3.12. The van der Waals surface area contributed by atoms with Crippen molar-refractivity contribution in [3.05, 3.63) is 29.6 Å². The summed E-state index contributed by atoms with van der Waals surface area (Å²) in [5, 5.41) is 2.83. The molecule has 0 saturated heterocycles. The summed E-state index contributed by atoms with van der Waals surface area (Å²) in [6.07, 6.45) is 0. The Hall–Kier alpha value is -1.78. The maximum atomic E-state index is 13.2. The van der Waals surface area contributed by atoms with E-state index in [2.05, 4.69) is 10.3 Å². The molecule has 4 nitrogen and oxygen atoms in total. The molecule has 0 atom stereocenters. The number of aliphatic imine (C=N–C) groups is 1. The fourth-order valence-electron chi connectivity index (χ4n) is 1.09. The summed E-state index contributed by atoms with van der Waals surface area (Å²) >= 11 is 0. The summed E-state index contributed by atoms with van der Waals surface area (Å²) in [4.78, 5) is 3.72. The Labute approximate surface area is 88.0 Å². The monoisotopic (exact) mass is 211 g/mol. The lowest BCUT2D eigenvalue weighted by Crippen LogP contribution is -2.30. The lowest BCUT2D eigenvalue weighted by Gasteiger charge is -2.06. The van der Waals surface area contributed by atoms with Gasteiger partial charge in [0.1, 0.15) is 0 Å². The largest absolute Gasteiger partial charge is 0.494 e. The molecule has 0 bridgehead atoms. The van der Waals surface area contributed by atoms with Gasteiger partial charge in [-0.15, -0.1) is 0 Å². The van der Waals surface area contributed by atoms with E-state index in [9.17, 15) is 4.39 Å². The zero-order chi connectivity index (χ0) is 11.3. The van der Waals surface area contributed by atoms with Crippen LogP contribution >= 0.6 is 0 Å². The molecule has 0 spiro atoms. The van der Waals surface area contributed by atoms with E-state index >= 15 is 0 Å². The van der Waals surface area contributed by atoms with E-state index in [0.717, 1.165) is 5.56 Å². The minimum atomic E-state index is -0.385. The molecule has 0 aliphatic carbocycles. The van der Waals surface area contributed by atoms with Crippen LogP contribution in [-0.4, -0.2) is 20.1 Å². The molecule has 1 rings (SSSR count). The van der Waals surface area contributed by atoms with E-state index in [1.165, 1.54) is 13.2 Å². The van der Waals surface area contributed by atoms with Crippen molar-refractivity contribution in [2.75, 3.05) is 14.2 Å². The van der Waals surface area contributed by atoms with Gasteiger partial charge in [0.05, 0.1) is 7.11 Å². The average molecular weight is 211 g/mol. The van der Waals surface area contributed by atoms with Gasteiger partial charge in [0.2, 0.25) is 0 Å². The first-order valence-corrected chi connectivity index (χ1v) is 4.46. The van der Waals surface area contributed by atoms with E-state index in [4.69, 9.17) is 10.5 Å². The molecular formula is C10H14FN3O. The Morgan fingerprint density at radius 3 is 2.87 bits per heavy atom. The number of rotatable bonds is 3. The van der Waals surface area contributed by atoms with Crippen molar-refractivity contribution in [2.24, 2.45) is 10.7 Å². The predicted octanol–water partition coefficient (Wildman–Crippen LogP) is 0.868. The van der Waals surface area contributed by atoms with Gasteiger partial charge < -0.3 is 15.8 Å². The molecule has 1 aromatic carbocycles. The minimum absolute atomic E-state index is 0.232. The number of hydrogen-bond acceptors (Lipinski definition) is 2. The van der Waals surface area contributed by atoms with Gasteiger partial charge in [-0.05, 0) is 17.7 Å². The molecule has 0 radical (unpaired) electrons. The van der Waals surface area contributed by atoms with Crippen LogP contribution < -0.4 is 15.8 Å². The van der Waals surface area contributed by atoms with E-state index in [0.29, 0.717) is 12.5 Å². The number of methoxy groups -OCH3 is 1. The van der Waals surface area contributed by atoms with E-state index in [-0.39, 0.29) is 11.6 Å². The third-order valence-electron chi connectivity index (χ3n) is 1.93. The van der Waals surface area contributed by atoms with Crippen LogP contribution in [0.1, 0.15) is 5.56 Å². The van der Waals surface area contributed by atoms with Gasteiger partial charge in [-0.1, -0.05) is 6.07 Å². The number of guanidine groups is 1. The zero-order valence-corrected chi connectivity index (χ0v) is 8.75. The van der Waals surface area contributed by atoms with Crippen LogP contribution in [0.25, 0.3) is 0 Å². The quantitative estimate of drug-likeness (QED) is 0.576. The first kappa shape index (κ1) is 11.3. The Morgan fingerprint density at radius 2 is 2.33 bits per heavy atom. The number of halogens is 1. The third-order valence-corrected chi connectivity index (χ3v) is 1.93. The van der Waals surface area contributed by atoms with Crippen molar-refractivity contribution in [1.29, 1.82) is 0 Å². The van der Waals surface area contributed by atoms with Crippen molar-refractivity contribution in [1.82, 2.24) is 5.32 Å². The number of hydrogen-bond donors (Lipinski definition) is 2. The molecule has 1 aromatic rings. The SMILES string of the molecule is CN=C(N)NCc1ccc(OC)c(F)c1. The van der Waals surface area contributed by atoms with Crippen molar-refractivity contribution < 1.29 is 9.13 Å². The second kappa shape index (κ2) is 5.19. The number of ether oxygens (including phenoxy) is 1. The van der Waals surface area contributed by atoms with Crippen LogP contribution in [0, 0.1) is 5.82 Å². The Kier molecular flexibility index (Phi) is 3.91. The highest BCUT2D eigenvalue weighted by molar-refractivity contribution is 5.77. The molecule has 0 aliphatic heterocycles. The van der Waals surface area contributed by atoms with Crippen LogP contribution in [0.15, 0.2) is 23.2 Å². The van der Waals surface area contributed by atoms with Gasteiger partial charge in [-0.2, -0.15) is 0 Å². The highest BCUT2D eigenvalue weighted by atomic mass is 19.1. The van der Waals surface area contributed by atoms with Gasteiger partial charge >= 0.3 is 0 Å². The summed E-state index contributed by atoms with van der Waals surface area (Å²) in [5.74, 6) is 0.172. The van der Waals surface area contributed by atoms with Gasteiger partial charge in [-0.25, -0.2) is 4.39 Å². The Balaban J connectivity index is 2.67. The molecule has 0 fully saturated rings. The molecule has 0 amide bonds. The van der Waals surface area contributed by atoms with Gasteiger partial charge in [-0.3, -0.25) is 4.99 Å². The summed E-state index contributed by atoms with van der Waals surface area (Å²) in [6, 6.07) is 4.73. The second-order valence-electron chi connectivity index (χ2n) is 2.93. The van der Waals surface area contributed by atoms with E-state index < -0.39 is 0 Å². The molecule has 0 aliphatic rings. The molecular weight excluding hydrogens is 197 g/mol. The summed E-state index contributed by atoms with van der Waals surface area (Å²) < 4.78 is 18.0. The van der Waals surface area contributed by atoms with Crippen LogP contribution in [0.3, 0.4) is 0 Å². The molecule has 15 heavy (non-hydrogen) atoms. The van der Waals surface area contributed by atoms with E-state index in [1.54, 1.807) is 19.2 Å². The minimum Gasteiger partial charge on any atom is -0.494 e. The normalized spacial score (nSPS) is 11.3. The van der Waals surface area contributed by atoms with Crippen molar-refractivity contribution in [2.45, 2.75) is 6.54 Å². The maximum Gasteiger partial charge on any atom is 0.188 e. The smallest absolute Gasteiger partial charge is 0.188 e. The summed E-state index contributed by atoms with van der Waals surface area (Å²) in [5.41, 5.74) is 6.21. The highest BCUT2D eigenvalue weighted by Crippen LogP contribution is 2.17. The van der Waals surface area contributed by atoms with Crippen molar-refractivity contribution in [3.8, 4) is 5.75 Å². The van der Waals surface area contributed by atoms with Crippen molar-refractivity contribution in [3.63, 3.8) is 0 Å². The fraction of sp³-hybridized carbons (Fsp3) is 0.300. The first-order chi connectivity index (χ1) is 7.17. The molecule has 0 unspecified atom stereocenters. The molecule has 0 aromatic heterocycles. The maximum absolute atomic E-state index is 13.2. The van der Waals surface area contributed by atoms with Gasteiger partial charge in [0, 0.05) is 13.6 Å². The number of benzene rings is 1. The highest BCUT2D eigenvalue weighted by Gasteiger charge is 2.03. The number of nitrogens with zero attached hydrogens (tertiary/aromatic N) is 1. The standard InChI is InChI=1S/C10H14FN3O/c1-13-10(12)14-6-7-3-4-9(15-2)8(11)5-7/h3-5H,6H2,1-2H3,(H3,12,13,14). The molecule has 5 heteroatoms. The lowest BCUT2D eigenvalue weighted by molar-refractivity contribution is 0.386. The first-order valence-electron chi connectivity index (χ1n) is 4.46. The van der Waals surface area contributed by atoms with Crippen molar-refractivity contribution >= 4 is 5.96 Å². The number of nitrogens with one attached hydrogen (secondary N) is 1. The van der Waals surface area contributed by atoms with Crippen LogP contribution in [0.4, 0.5) is 4.39 Å². The number of nitrogens with two attached hydrogens (primary N) is 1. The molecule has 0 heterocycles. The lowest BCUT2D eigenvalue weighted by atomic mass is 10.2. The van der Waals surface area contributed by atoms with Gasteiger partial charge in [0.25, 0.3) is 0 Å². The topological polar surface area (TPSA) is 59.6 Å². The second-order valence-corrected chi connectivity index (χ2v) is 2.93. The fourth-order valence-corrected chi connectivity index (χ4v) is 1.09. The van der Waals surface area contributed by atoms with Crippen LogP contribution in [0.5, 0.6) is 5.75 Å². The summed E-state index contributed by atoms with van der Waals surface area (Å²) in [7, 11) is 3.01.